The molecule has 0 bridgehead atoms. The van der Waals surface area contributed by atoms with Crippen LogP contribution < -0.4 is 5.32 Å². The lowest BCUT2D eigenvalue weighted by atomic mass is 9.78. The molecule has 1 saturated carbocycles. The van der Waals surface area contributed by atoms with Gasteiger partial charge in [0.1, 0.15) is 11.6 Å². The van der Waals surface area contributed by atoms with Crippen LogP contribution >= 0.6 is 0 Å². The van der Waals surface area contributed by atoms with E-state index in [9.17, 15) is 13.6 Å². The van der Waals surface area contributed by atoms with Crippen LogP contribution in [0.1, 0.15) is 54.6 Å². The lowest BCUT2D eigenvalue weighted by Crippen LogP contribution is -2.42. The summed E-state index contributed by atoms with van der Waals surface area (Å²) in [6.07, 6.45) is 10.1. The van der Waals surface area contributed by atoms with Crippen molar-refractivity contribution in [3.05, 3.63) is 69.8 Å². The second-order valence-electron chi connectivity index (χ2n) is 7.19. The van der Waals surface area contributed by atoms with Crippen molar-refractivity contribution in [2.24, 2.45) is 5.92 Å². The molecule has 5 heteroatoms. The lowest BCUT2D eigenvalue weighted by molar-refractivity contribution is 0.0695. The van der Waals surface area contributed by atoms with E-state index in [4.69, 9.17) is 5.11 Å². The maximum atomic E-state index is 14.7. The standard InChI is InChI=1S/C21H21F2NO2/c1-2-11-6-7-18-15(8-11)13-4-3-5-14(13)20(24-18)19-16(22)9-12(21(25)26)10-17(19)23/h6-10,14,18,20,24H,2-5H2,1H3,(H,25,26)/t14-,18?,20+/m0/s1. The minimum atomic E-state index is -1.33. The molecule has 1 aliphatic heterocycles. The molecule has 3 nitrogen and oxygen atoms in total. The zero-order valence-electron chi connectivity index (χ0n) is 14.6. The van der Waals surface area contributed by atoms with Crippen LogP contribution in [0.2, 0.25) is 0 Å². The van der Waals surface area contributed by atoms with Gasteiger partial charge in [-0.2, -0.15) is 0 Å². The molecule has 4 rings (SSSR count). The maximum Gasteiger partial charge on any atom is 0.335 e. The highest BCUT2D eigenvalue weighted by Crippen LogP contribution is 2.47. The van der Waals surface area contributed by atoms with Gasteiger partial charge >= 0.3 is 5.97 Å². The van der Waals surface area contributed by atoms with Crippen molar-refractivity contribution in [3.63, 3.8) is 0 Å². The largest absolute Gasteiger partial charge is 0.478 e. The SMILES string of the molecule is CCC1=CC2=C3CCC[C@@H]3[C@H](c3c(F)cc(C(=O)O)cc3F)NC2C=C1. The van der Waals surface area contributed by atoms with Crippen molar-refractivity contribution in [2.75, 3.05) is 0 Å². The minimum absolute atomic E-state index is 0.0433. The Balaban J connectivity index is 1.79. The summed E-state index contributed by atoms with van der Waals surface area (Å²) >= 11 is 0. The average Bonchev–Trinajstić information content (AvgIpc) is 3.10. The van der Waals surface area contributed by atoms with Gasteiger partial charge in [0.25, 0.3) is 0 Å². The fourth-order valence-corrected chi connectivity index (χ4v) is 4.52. The Labute approximate surface area is 151 Å². The molecular formula is C21H21F2NO2. The van der Waals surface area contributed by atoms with E-state index in [1.807, 2.05) is 0 Å². The number of fused-ring (bicyclic) bond motifs is 2. The summed E-state index contributed by atoms with van der Waals surface area (Å²) in [4.78, 5) is 11.1. The normalized spacial score (nSPS) is 27.2. The number of nitrogens with one attached hydrogen (secondary N) is 1. The van der Waals surface area contributed by atoms with Gasteiger partial charge in [0.2, 0.25) is 0 Å². The van der Waals surface area contributed by atoms with Crippen molar-refractivity contribution in [1.82, 2.24) is 5.32 Å². The van der Waals surface area contributed by atoms with Crippen LogP contribution in [0.5, 0.6) is 0 Å². The smallest absolute Gasteiger partial charge is 0.335 e. The fourth-order valence-electron chi connectivity index (χ4n) is 4.52. The molecule has 2 N–H and O–H groups in total. The van der Waals surface area contributed by atoms with Gasteiger partial charge in [-0.1, -0.05) is 30.7 Å². The first-order valence-corrected chi connectivity index (χ1v) is 9.09. The molecule has 3 aliphatic rings. The zero-order chi connectivity index (χ0) is 18.4. The third kappa shape index (κ3) is 2.71. The Morgan fingerprint density at radius 3 is 2.69 bits per heavy atom. The molecule has 1 aromatic carbocycles. The molecule has 0 radical (unpaired) electrons. The van der Waals surface area contributed by atoms with E-state index < -0.39 is 23.6 Å². The Hall–Kier alpha value is -2.27. The third-order valence-electron chi connectivity index (χ3n) is 5.77. The number of hydrogen-bond acceptors (Lipinski definition) is 2. The molecular weight excluding hydrogens is 336 g/mol. The highest BCUT2D eigenvalue weighted by atomic mass is 19.1. The Morgan fingerprint density at radius 2 is 2.04 bits per heavy atom. The van der Waals surface area contributed by atoms with Crippen LogP contribution in [0.4, 0.5) is 8.78 Å². The highest BCUT2D eigenvalue weighted by molar-refractivity contribution is 5.87. The van der Waals surface area contributed by atoms with Gasteiger partial charge in [-0.15, -0.1) is 0 Å². The molecule has 0 amide bonds. The molecule has 1 aromatic rings. The van der Waals surface area contributed by atoms with Crippen LogP contribution in [0, 0.1) is 17.6 Å². The molecule has 1 heterocycles. The first-order valence-electron chi connectivity index (χ1n) is 9.09. The molecule has 0 saturated heterocycles. The molecule has 26 heavy (non-hydrogen) atoms. The lowest BCUT2D eigenvalue weighted by Gasteiger charge is -2.38. The molecule has 136 valence electrons. The predicted octanol–water partition coefficient (Wildman–Crippen LogP) is 4.68. The zero-order valence-corrected chi connectivity index (χ0v) is 14.6. The highest BCUT2D eigenvalue weighted by Gasteiger charge is 2.41. The van der Waals surface area contributed by atoms with E-state index >= 15 is 0 Å². The summed E-state index contributed by atoms with van der Waals surface area (Å²) in [7, 11) is 0. The fraction of sp³-hybridized carbons (Fsp3) is 0.381. The van der Waals surface area contributed by atoms with Crippen molar-refractivity contribution in [3.8, 4) is 0 Å². The van der Waals surface area contributed by atoms with E-state index in [-0.39, 0.29) is 23.1 Å². The number of rotatable bonds is 3. The van der Waals surface area contributed by atoms with E-state index in [1.54, 1.807) is 0 Å². The number of hydrogen-bond donors (Lipinski definition) is 2. The average molecular weight is 357 g/mol. The number of allylic oxidation sites excluding steroid dienone is 2. The van der Waals surface area contributed by atoms with Crippen LogP contribution in [-0.2, 0) is 0 Å². The number of aromatic carboxylic acids is 1. The third-order valence-corrected chi connectivity index (χ3v) is 5.77. The molecule has 0 spiro atoms. The van der Waals surface area contributed by atoms with Gasteiger partial charge in [-0.25, -0.2) is 13.6 Å². The first-order chi connectivity index (χ1) is 12.5. The second-order valence-corrected chi connectivity index (χ2v) is 7.19. The number of benzene rings is 1. The van der Waals surface area contributed by atoms with Gasteiger partial charge in [0.15, 0.2) is 0 Å². The Kier molecular flexibility index (Phi) is 4.27. The topological polar surface area (TPSA) is 49.3 Å². The molecule has 3 atom stereocenters. The first kappa shape index (κ1) is 17.2. The number of carboxylic acid groups (broad SMARTS) is 1. The Bertz CT molecular complexity index is 846. The van der Waals surface area contributed by atoms with Crippen LogP contribution in [0.15, 0.2) is 47.1 Å². The summed E-state index contributed by atoms with van der Waals surface area (Å²) in [5.74, 6) is -2.87. The van der Waals surface area contributed by atoms with Gasteiger partial charge in [0, 0.05) is 17.5 Å². The maximum absolute atomic E-state index is 14.7. The van der Waals surface area contributed by atoms with Crippen molar-refractivity contribution in [1.29, 1.82) is 0 Å². The van der Waals surface area contributed by atoms with Crippen LogP contribution in [0.25, 0.3) is 0 Å². The van der Waals surface area contributed by atoms with Crippen LogP contribution in [-0.4, -0.2) is 17.1 Å². The van der Waals surface area contributed by atoms with Gasteiger partial charge in [-0.3, -0.25) is 5.32 Å². The number of carbonyl (C=O) groups is 1. The number of carboxylic acids is 1. The van der Waals surface area contributed by atoms with Gasteiger partial charge in [-0.05, 0) is 49.0 Å². The van der Waals surface area contributed by atoms with Crippen molar-refractivity contribution >= 4 is 5.97 Å². The summed E-state index contributed by atoms with van der Waals surface area (Å²) in [6.45, 7) is 2.11. The second kappa shape index (κ2) is 6.47. The van der Waals surface area contributed by atoms with Crippen molar-refractivity contribution in [2.45, 2.75) is 44.7 Å². The predicted molar refractivity (Wildman–Crippen MR) is 94.9 cm³/mol. The molecule has 1 fully saturated rings. The summed E-state index contributed by atoms with van der Waals surface area (Å²) < 4.78 is 29.3. The van der Waals surface area contributed by atoms with E-state index in [0.717, 1.165) is 37.8 Å². The van der Waals surface area contributed by atoms with E-state index in [0.29, 0.717) is 0 Å². The van der Waals surface area contributed by atoms with E-state index in [1.165, 1.54) is 16.7 Å². The van der Waals surface area contributed by atoms with Crippen LogP contribution in [0.3, 0.4) is 0 Å². The molecule has 1 unspecified atom stereocenters. The Morgan fingerprint density at radius 1 is 1.31 bits per heavy atom. The number of halogens is 2. The van der Waals surface area contributed by atoms with Gasteiger partial charge < -0.3 is 5.11 Å². The summed E-state index contributed by atoms with van der Waals surface area (Å²) in [5, 5.41) is 12.4. The minimum Gasteiger partial charge on any atom is -0.478 e. The van der Waals surface area contributed by atoms with Gasteiger partial charge in [0.05, 0.1) is 11.6 Å². The summed E-state index contributed by atoms with van der Waals surface area (Å²) in [5.41, 5.74) is 3.38. The quantitative estimate of drug-likeness (QED) is 0.826. The molecule has 0 aromatic heterocycles. The van der Waals surface area contributed by atoms with E-state index in [2.05, 4.69) is 30.5 Å². The van der Waals surface area contributed by atoms with Crippen molar-refractivity contribution < 1.29 is 18.7 Å². The monoisotopic (exact) mass is 357 g/mol. The molecule has 2 aliphatic carbocycles. The summed E-state index contributed by atoms with van der Waals surface area (Å²) in [6, 6.07) is 1.30.